The lowest BCUT2D eigenvalue weighted by Gasteiger charge is -2.29. The van der Waals surface area contributed by atoms with Gasteiger partial charge in [0.25, 0.3) is 0 Å². The molecule has 2 rings (SSSR count). The lowest BCUT2D eigenvalue weighted by Crippen LogP contribution is -2.48. The third-order valence-electron chi connectivity index (χ3n) is 4.21. The molecule has 0 saturated carbocycles. The van der Waals surface area contributed by atoms with Gasteiger partial charge in [0.2, 0.25) is 11.8 Å². The second-order valence-corrected chi connectivity index (χ2v) is 7.89. The summed E-state index contributed by atoms with van der Waals surface area (Å²) in [6.45, 7) is 6.76. The van der Waals surface area contributed by atoms with Crippen molar-refractivity contribution in [3.8, 4) is 0 Å². The molecule has 2 atom stereocenters. The largest absolute Gasteiger partial charge is 0.354 e. The number of benzene rings is 1. The molecule has 0 aromatic heterocycles. The van der Waals surface area contributed by atoms with Crippen LogP contribution in [0.1, 0.15) is 51.0 Å². The minimum atomic E-state index is -0.496. The number of amides is 2. The van der Waals surface area contributed by atoms with E-state index < -0.39 is 6.04 Å². The van der Waals surface area contributed by atoms with Crippen molar-refractivity contribution in [2.75, 3.05) is 12.3 Å². The maximum atomic E-state index is 13.6. The Hall–Kier alpha value is -1.56. The molecule has 1 fully saturated rings. The summed E-state index contributed by atoms with van der Waals surface area (Å²) < 4.78 is 13.6. The number of carbonyl (C=O) groups is 2. The fraction of sp³-hybridized carbons (Fsp3) is 0.579. The lowest BCUT2D eigenvalue weighted by atomic mass is 10.1. The average molecular weight is 367 g/mol. The summed E-state index contributed by atoms with van der Waals surface area (Å²) in [5.74, 6) is 0.550. The third-order valence-corrected chi connectivity index (χ3v) is 5.53. The molecular formula is C19H27FN2O2S. The fourth-order valence-corrected chi connectivity index (χ4v) is 4.32. The quantitative estimate of drug-likeness (QED) is 0.800. The van der Waals surface area contributed by atoms with Crippen LogP contribution in [0.2, 0.25) is 0 Å². The molecule has 2 amide bonds. The predicted molar refractivity (Wildman–Crippen MR) is 99.6 cm³/mol. The maximum absolute atomic E-state index is 13.6. The smallest absolute Gasteiger partial charge is 0.243 e. The summed E-state index contributed by atoms with van der Waals surface area (Å²) in [4.78, 5) is 26.9. The van der Waals surface area contributed by atoms with Crippen LogP contribution in [0.5, 0.6) is 0 Å². The number of hydrogen-bond acceptors (Lipinski definition) is 3. The van der Waals surface area contributed by atoms with Gasteiger partial charge in [0.15, 0.2) is 0 Å². The van der Waals surface area contributed by atoms with E-state index in [4.69, 9.17) is 0 Å². The van der Waals surface area contributed by atoms with Crippen LogP contribution >= 0.6 is 11.8 Å². The van der Waals surface area contributed by atoms with Crippen molar-refractivity contribution in [3.05, 3.63) is 35.6 Å². The number of nitrogens with one attached hydrogen (secondary N) is 1. The minimum Gasteiger partial charge on any atom is -0.354 e. The first kappa shape index (κ1) is 19.8. The van der Waals surface area contributed by atoms with Gasteiger partial charge in [-0.3, -0.25) is 9.59 Å². The summed E-state index contributed by atoms with van der Waals surface area (Å²) in [6, 6.07) is 5.79. The predicted octanol–water partition coefficient (Wildman–Crippen LogP) is 3.73. The molecule has 1 saturated heterocycles. The molecule has 4 nitrogen and oxygen atoms in total. The number of rotatable bonds is 7. The van der Waals surface area contributed by atoms with Crippen LogP contribution in [-0.4, -0.2) is 35.1 Å². The van der Waals surface area contributed by atoms with Crippen molar-refractivity contribution < 1.29 is 14.0 Å². The SMILES string of the molecule is CCCC(=O)N1C(C(=O)NCCC(C)C)CSC1c1cccc(F)c1. The Morgan fingerprint density at radius 1 is 1.40 bits per heavy atom. The highest BCUT2D eigenvalue weighted by atomic mass is 32.2. The highest BCUT2D eigenvalue weighted by Gasteiger charge is 2.41. The topological polar surface area (TPSA) is 49.4 Å². The molecule has 138 valence electrons. The third kappa shape index (κ3) is 5.21. The molecular weight excluding hydrogens is 339 g/mol. The molecule has 0 bridgehead atoms. The second-order valence-electron chi connectivity index (χ2n) is 6.78. The molecule has 1 aliphatic heterocycles. The van der Waals surface area contributed by atoms with E-state index in [0.29, 0.717) is 24.6 Å². The van der Waals surface area contributed by atoms with E-state index in [0.717, 1.165) is 18.4 Å². The van der Waals surface area contributed by atoms with Crippen LogP contribution in [0, 0.1) is 11.7 Å². The summed E-state index contributed by atoms with van der Waals surface area (Å²) >= 11 is 1.52. The molecule has 1 aromatic rings. The molecule has 25 heavy (non-hydrogen) atoms. The van der Waals surface area contributed by atoms with E-state index in [1.165, 1.54) is 23.9 Å². The normalized spacial score (nSPS) is 20.1. The molecule has 0 aliphatic carbocycles. The van der Waals surface area contributed by atoms with Crippen molar-refractivity contribution >= 4 is 23.6 Å². The second kappa shape index (κ2) is 9.22. The van der Waals surface area contributed by atoms with Gasteiger partial charge in [-0.25, -0.2) is 4.39 Å². The summed E-state index contributed by atoms with van der Waals surface area (Å²) in [6.07, 6.45) is 2.02. The first-order valence-electron chi connectivity index (χ1n) is 8.90. The lowest BCUT2D eigenvalue weighted by molar-refractivity contribution is -0.139. The van der Waals surface area contributed by atoms with Gasteiger partial charge < -0.3 is 10.2 Å². The Labute approximate surface area is 153 Å². The van der Waals surface area contributed by atoms with E-state index in [1.807, 2.05) is 13.0 Å². The van der Waals surface area contributed by atoms with Crippen molar-refractivity contribution in [2.45, 2.75) is 51.4 Å². The van der Waals surface area contributed by atoms with Crippen LogP contribution < -0.4 is 5.32 Å². The van der Waals surface area contributed by atoms with Gasteiger partial charge in [-0.15, -0.1) is 11.8 Å². The van der Waals surface area contributed by atoms with Gasteiger partial charge in [-0.05, 0) is 36.5 Å². The van der Waals surface area contributed by atoms with E-state index in [9.17, 15) is 14.0 Å². The number of hydrogen-bond donors (Lipinski definition) is 1. The van der Waals surface area contributed by atoms with Crippen LogP contribution in [0.3, 0.4) is 0 Å². The number of carbonyl (C=O) groups excluding carboxylic acids is 2. The van der Waals surface area contributed by atoms with Crippen molar-refractivity contribution in [1.29, 1.82) is 0 Å². The van der Waals surface area contributed by atoms with Crippen LogP contribution in [0.15, 0.2) is 24.3 Å². The van der Waals surface area contributed by atoms with E-state index in [-0.39, 0.29) is 23.0 Å². The Morgan fingerprint density at radius 3 is 2.80 bits per heavy atom. The molecule has 1 aromatic carbocycles. The molecule has 6 heteroatoms. The summed E-state index contributed by atoms with van der Waals surface area (Å²) in [5, 5.41) is 2.64. The Kier molecular flexibility index (Phi) is 7.29. The van der Waals surface area contributed by atoms with Crippen LogP contribution in [0.4, 0.5) is 4.39 Å². The first-order valence-corrected chi connectivity index (χ1v) is 9.94. The van der Waals surface area contributed by atoms with Crippen molar-refractivity contribution in [2.24, 2.45) is 5.92 Å². The van der Waals surface area contributed by atoms with Gasteiger partial charge in [0.1, 0.15) is 17.2 Å². The minimum absolute atomic E-state index is 0.0502. The van der Waals surface area contributed by atoms with Gasteiger partial charge in [0, 0.05) is 18.7 Å². The van der Waals surface area contributed by atoms with Gasteiger partial charge in [-0.1, -0.05) is 32.9 Å². The molecule has 1 heterocycles. The highest BCUT2D eigenvalue weighted by Crippen LogP contribution is 2.42. The molecule has 2 unspecified atom stereocenters. The van der Waals surface area contributed by atoms with Gasteiger partial charge >= 0.3 is 0 Å². The number of nitrogens with zero attached hydrogens (tertiary/aromatic N) is 1. The molecule has 1 N–H and O–H groups in total. The first-order chi connectivity index (χ1) is 11.9. The van der Waals surface area contributed by atoms with Crippen LogP contribution in [-0.2, 0) is 9.59 Å². The number of thioether (sulfide) groups is 1. The molecule has 1 aliphatic rings. The summed E-state index contributed by atoms with van der Waals surface area (Å²) in [5.41, 5.74) is 0.729. The van der Waals surface area contributed by atoms with E-state index in [2.05, 4.69) is 19.2 Å². The zero-order valence-corrected chi connectivity index (χ0v) is 15.9. The van der Waals surface area contributed by atoms with E-state index in [1.54, 1.807) is 11.0 Å². The Morgan fingerprint density at radius 2 is 2.16 bits per heavy atom. The zero-order chi connectivity index (χ0) is 18.4. The Bertz CT molecular complexity index is 609. The van der Waals surface area contributed by atoms with Gasteiger partial charge in [0.05, 0.1) is 0 Å². The Balaban J connectivity index is 2.16. The summed E-state index contributed by atoms with van der Waals surface area (Å²) in [7, 11) is 0. The van der Waals surface area contributed by atoms with Crippen molar-refractivity contribution in [1.82, 2.24) is 10.2 Å². The maximum Gasteiger partial charge on any atom is 0.243 e. The molecule has 0 radical (unpaired) electrons. The monoisotopic (exact) mass is 366 g/mol. The number of halogens is 1. The molecule has 0 spiro atoms. The average Bonchev–Trinajstić information content (AvgIpc) is 2.99. The van der Waals surface area contributed by atoms with E-state index >= 15 is 0 Å². The van der Waals surface area contributed by atoms with Crippen molar-refractivity contribution in [3.63, 3.8) is 0 Å². The zero-order valence-electron chi connectivity index (χ0n) is 15.1. The standard InChI is InChI=1S/C19H27FN2O2S/c1-4-6-17(23)22-16(18(24)21-10-9-13(2)3)12-25-19(22)14-7-5-8-15(20)11-14/h5,7-8,11,13,16,19H,4,6,9-10,12H2,1-3H3,(H,21,24). The van der Waals surface area contributed by atoms with Crippen LogP contribution in [0.25, 0.3) is 0 Å². The fourth-order valence-electron chi connectivity index (χ4n) is 2.87. The highest BCUT2D eigenvalue weighted by molar-refractivity contribution is 7.99. The van der Waals surface area contributed by atoms with Gasteiger partial charge in [-0.2, -0.15) is 0 Å².